The van der Waals surface area contributed by atoms with Crippen LogP contribution in [-0.2, 0) is 0 Å². The molecule has 1 aromatic carbocycles. The van der Waals surface area contributed by atoms with Gasteiger partial charge in [0.2, 0.25) is 5.16 Å². The van der Waals surface area contributed by atoms with Crippen molar-refractivity contribution >= 4 is 23.4 Å². The molecule has 0 amide bonds. The molecule has 0 saturated heterocycles. The standard InChI is InChI=1S/C11H13ClN4S/c12-8-4-5-9-17-11-13-14-15-16(11)10-6-2-1-3-7-10/h1-3,6-7H,4-5,8-9H2. The highest BCUT2D eigenvalue weighted by atomic mass is 35.5. The van der Waals surface area contributed by atoms with E-state index in [1.165, 1.54) is 0 Å². The van der Waals surface area contributed by atoms with E-state index in [1.807, 2.05) is 30.3 Å². The number of rotatable bonds is 6. The van der Waals surface area contributed by atoms with Gasteiger partial charge in [0.1, 0.15) is 0 Å². The second-order valence-electron chi connectivity index (χ2n) is 3.45. The Balaban J connectivity index is 2.02. The zero-order valence-electron chi connectivity index (χ0n) is 9.29. The summed E-state index contributed by atoms with van der Waals surface area (Å²) in [6, 6.07) is 9.89. The van der Waals surface area contributed by atoms with Gasteiger partial charge in [-0.15, -0.1) is 16.7 Å². The molecule has 0 aliphatic carbocycles. The fraction of sp³-hybridized carbons (Fsp3) is 0.364. The van der Waals surface area contributed by atoms with Gasteiger partial charge < -0.3 is 0 Å². The number of tetrazole rings is 1. The van der Waals surface area contributed by atoms with Crippen molar-refractivity contribution in [3.05, 3.63) is 30.3 Å². The van der Waals surface area contributed by atoms with Crippen LogP contribution >= 0.6 is 23.4 Å². The van der Waals surface area contributed by atoms with Crippen molar-refractivity contribution in [3.63, 3.8) is 0 Å². The van der Waals surface area contributed by atoms with Crippen molar-refractivity contribution in [2.45, 2.75) is 18.0 Å². The number of aromatic nitrogens is 4. The van der Waals surface area contributed by atoms with Crippen LogP contribution in [0.25, 0.3) is 5.69 Å². The van der Waals surface area contributed by atoms with Gasteiger partial charge in [-0.1, -0.05) is 30.0 Å². The minimum absolute atomic E-state index is 0.712. The predicted molar refractivity (Wildman–Crippen MR) is 69.8 cm³/mol. The second kappa shape index (κ2) is 6.61. The van der Waals surface area contributed by atoms with Crippen LogP contribution < -0.4 is 0 Å². The highest BCUT2D eigenvalue weighted by Gasteiger charge is 2.07. The molecule has 4 nitrogen and oxygen atoms in total. The quantitative estimate of drug-likeness (QED) is 0.459. The molecule has 0 fully saturated rings. The van der Waals surface area contributed by atoms with Crippen LogP contribution in [-0.4, -0.2) is 31.8 Å². The third-order valence-electron chi connectivity index (χ3n) is 2.20. The third kappa shape index (κ3) is 3.44. The zero-order valence-corrected chi connectivity index (χ0v) is 10.9. The maximum atomic E-state index is 5.63. The van der Waals surface area contributed by atoms with Gasteiger partial charge in [-0.25, -0.2) is 0 Å². The lowest BCUT2D eigenvalue weighted by atomic mass is 10.3. The Hall–Kier alpha value is -1.07. The van der Waals surface area contributed by atoms with Crippen LogP contribution in [0, 0.1) is 0 Å². The molecule has 0 atom stereocenters. The first-order valence-corrected chi connectivity index (χ1v) is 6.96. The van der Waals surface area contributed by atoms with Crippen molar-refractivity contribution in [1.29, 1.82) is 0 Å². The lowest BCUT2D eigenvalue weighted by Crippen LogP contribution is -1.98. The Morgan fingerprint density at radius 3 is 2.76 bits per heavy atom. The molecule has 1 heterocycles. The molecule has 0 aliphatic heterocycles. The van der Waals surface area contributed by atoms with Crippen molar-refractivity contribution < 1.29 is 0 Å². The van der Waals surface area contributed by atoms with Crippen LogP contribution in [0.3, 0.4) is 0 Å². The Morgan fingerprint density at radius 1 is 1.18 bits per heavy atom. The molecule has 0 radical (unpaired) electrons. The van der Waals surface area contributed by atoms with Gasteiger partial charge in [0.05, 0.1) is 5.69 Å². The number of halogens is 1. The summed E-state index contributed by atoms with van der Waals surface area (Å²) in [6.07, 6.45) is 2.11. The monoisotopic (exact) mass is 268 g/mol. The normalized spacial score (nSPS) is 10.6. The molecule has 0 bridgehead atoms. The molecular weight excluding hydrogens is 256 g/mol. The smallest absolute Gasteiger partial charge is 0.188 e. The predicted octanol–water partition coefficient (Wildman–Crippen LogP) is 2.77. The van der Waals surface area contributed by atoms with E-state index in [4.69, 9.17) is 11.6 Å². The minimum Gasteiger partial charge on any atom is -0.188 e. The summed E-state index contributed by atoms with van der Waals surface area (Å²) in [4.78, 5) is 0. The molecule has 2 aromatic rings. The summed E-state index contributed by atoms with van der Waals surface area (Å²) in [7, 11) is 0. The van der Waals surface area contributed by atoms with Gasteiger partial charge in [-0.05, 0) is 35.4 Å². The molecule has 1 aromatic heterocycles. The van der Waals surface area contributed by atoms with E-state index in [9.17, 15) is 0 Å². The van der Waals surface area contributed by atoms with E-state index in [2.05, 4.69) is 15.5 Å². The summed E-state index contributed by atoms with van der Waals surface area (Å²) in [6.45, 7) is 0. The van der Waals surface area contributed by atoms with E-state index in [1.54, 1.807) is 16.4 Å². The average Bonchev–Trinajstić information content (AvgIpc) is 2.84. The van der Waals surface area contributed by atoms with E-state index in [0.29, 0.717) is 5.88 Å². The van der Waals surface area contributed by atoms with Gasteiger partial charge in [-0.2, -0.15) is 4.68 Å². The van der Waals surface area contributed by atoms with Gasteiger partial charge in [-0.3, -0.25) is 0 Å². The number of alkyl halides is 1. The van der Waals surface area contributed by atoms with Crippen LogP contribution in [0.2, 0.25) is 0 Å². The van der Waals surface area contributed by atoms with E-state index < -0.39 is 0 Å². The first kappa shape index (κ1) is 12.4. The van der Waals surface area contributed by atoms with Crippen molar-refractivity contribution in [2.75, 3.05) is 11.6 Å². The Kier molecular flexibility index (Phi) is 4.82. The lowest BCUT2D eigenvalue weighted by Gasteiger charge is -2.03. The van der Waals surface area contributed by atoms with Gasteiger partial charge in [0, 0.05) is 11.6 Å². The third-order valence-corrected chi connectivity index (χ3v) is 3.47. The summed E-state index contributed by atoms with van der Waals surface area (Å²) in [5.74, 6) is 1.70. The molecule has 17 heavy (non-hydrogen) atoms. The molecule has 90 valence electrons. The average molecular weight is 269 g/mol. The Labute approximate surface area is 109 Å². The van der Waals surface area contributed by atoms with Crippen LogP contribution in [0.15, 0.2) is 35.5 Å². The van der Waals surface area contributed by atoms with Gasteiger partial charge in [0.15, 0.2) is 0 Å². The van der Waals surface area contributed by atoms with Crippen LogP contribution in [0.4, 0.5) is 0 Å². The van der Waals surface area contributed by atoms with Crippen LogP contribution in [0.1, 0.15) is 12.8 Å². The number of para-hydroxylation sites is 1. The molecule has 0 spiro atoms. The molecule has 6 heteroatoms. The SMILES string of the molecule is ClCCCCSc1nnnn1-c1ccccc1. The van der Waals surface area contributed by atoms with E-state index in [-0.39, 0.29) is 0 Å². The number of unbranched alkanes of at least 4 members (excludes halogenated alkanes) is 1. The number of nitrogens with zero attached hydrogens (tertiary/aromatic N) is 4. The van der Waals surface area contributed by atoms with Crippen molar-refractivity contribution in [2.24, 2.45) is 0 Å². The number of benzene rings is 1. The largest absolute Gasteiger partial charge is 0.214 e. The molecule has 0 aliphatic rings. The second-order valence-corrected chi connectivity index (χ2v) is 4.89. The molecular formula is C11H13ClN4S. The van der Waals surface area contributed by atoms with E-state index >= 15 is 0 Å². The van der Waals surface area contributed by atoms with Gasteiger partial charge in [0.25, 0.3) is 0 Å². The summed E-state index contributed by atoms with van der Waals surface area (Å²) in [5.41, 5.74) is 0.984. The minimum atomic E-state index is 0.712. The first-order valence-electron chi connectivity index (χ1n) is 5.44. The topological polar surface area (TPSA) is 43.6 Å². The van der Waals surface area contributed by atoms with Crippen molar-refractivity contribution in [1.82, 2.24) is 20.2 Å². The highest BCUT2D eigenvalue weighted by Crippen LogP contribution is 2.19. The van der Waals surface area contributed by atoms with Crippen LogP contribution in [0.5, 0.6) is 0 Å². The molecule has 0 N–H and O–H groups in total. The number of hydrogen-bond donors (Lipinski definition) is 0. The summed E-state index contributed by atoms with van der Waals surface area (Å²) < 4.78 is 1.76. The van der Waals surface area contributed by atoms with Crippen molar-refractivity contribution in [3.8, 4) is 5.69 Å². The first-order chi connectivity index (χ1) is 8.42. The maximum absolute atomic E-state index is 5.63. The number of thioether (sulfide) groups is 1. The Morgan fingerprint density at radius 2 is 2.00 bits per heavy atom. The number of hydrogen-bond acceptors (Lipinski definition) is 4. The van der Waals surface area contributed by atoms with E-state index in [0.717, 1.165) is 29.4 Å². The maximum Gasteiger partial charge on any atom is 0.214 e. The molecule has 0 unspecified atom stereocenters. The zero-order chi connectivity index (χ0) is 11.9. The molecule has 2 rings (SSSR count). The van der Waals surface area contributed by atoms with Gasteiger partial charge >= 0.3 is 0 Å². The molecule has 0 saturated carbocycles. The summed E-state index contributed by atoms with van der Waals surface area (Å²) in [5, 5.41) is 12.6. The lowest BCUT2D eigenvalue weighted by molar-refractivity contribution is 0.755. The summed E-state index contributed by atoms with van der Waals surface area (Å²) >= 11 is 7.29. The fourth-order valence-corrected chi connectivity index (χ4v) is 2.44. The Bertz CT molecular complexity index is 446. The highest BCUT2D eigenvalue weighted by molar-refractivity contribution is 7.99. The fourth-order valence-electron chi connectivity index (χ4n) is 1.36.